The van der Waals surface area contributed by atoms with Crippen molar-refractivity contribution in [2.45, 2.75) is 32.0 Å². The van der Waals surface area contributed by atoms with Crippen LogP contribution in [0.1, 0.15) is 30.8 Å². The predicted molar refractivity (Wildman–Crippen MR) is 64.1 cm³/mol. The molecule has 0 aromatic carbocycles. The van der Waals surface area contributed by atoms with Gasteiger partial charge in [0.1, 0.15) is 5.69 Å². The minimum Gasteiger partial charge on any atom is -0.331 e. The number of alkyl halides is 3. The highest BCUT2D eigenvalue weighted by molar-refractivity contribution is 5.92. The van der Waals surface area contributed by atoms with Crippen molar-refractivity contribution >= 4 is 5.91 Å². The second kappa shape index (κ2) is 4.60. The zero-order chi connectivity index (χ0) is 15.1. The van der Waals surface area contributed by atoms with E-state index >= 15 is 0 Å². The number of halogens is 3. The zero-order valence-corrected chi connectivity index (χ0v) is 11.0. The first-order valence-corrected chi connectivity index (χ1v) is 6.08. The lowest BCUT2D eigenvalue weighted by atomic mass is 9.88. The van der Waals surface area contributed by atoms with Crippen molar-refractivity contribution in [2.75, 3.05) is 6.54 Å². The topological polar surface area (TPSA) is 66.1 Å². The SMILES string of the molecule is CC1(C)C(C(F)(F)F)CCN1C(=O)c1ccc(=O)[nH]n1. The van der Waals surface area contributed by atoms with Crippen molar-refractivity contribution in [2.24, 2.45) is 5.92 Å². The molecule has 1 amide bonds. The van der Waals surface area contributed by atoms with Crippen LogP contribution in [0.15, 0.2) is 16.9 Å². The lowest BCUT2D eigenvalue weighted by Gasteiger charge is -2.36. The van der Waals surface area contributed by atoms with Gasteiger partial charge in [0.25, 0.3) is 11.5 Å². The van der Waals surface area contributed by atoms with Gasteiger partial charge in [-0.25, -0.2) is 5.10 Å². The van der Waals surface area contributed by atoms with E-state index in [1.807, 2.05) is 0 Å². The number of carbonyl (C=O) groups excluding carboxylic acids is 1. The molecule has 1 fully saturated rings. The van der Waals surface area contributed by atoms with Gasteiger partial charge in [0.05, 0.1) is 5.92 Å². The van der Waals surface area contributed by atoms with Crippen molar-refractivity contribution in [1.29, 1.82) is 0 Å². The third-order valence-corrected chi connectivity index (χ3v) is 3.73. The van der Waals surface area contributed by atoms with E-state index in [0.717, 1.165) is 11.0 Å². The number of rotatable bonds is 1. The highest BCUT2D eigenvalue weighted by Gasteiger charge is 2.56. The quantitative estimate of drug-likeness (QED) is 0.853. The molecular weight excluding hydrogens is 275 g/mol. The summed E-state index contributed by atoms with van der Waals surface area (Å²) in [5, 5.41) is 5.66. The van der Waals surface area contributed by atoms with E-state index in [0.29, 0.717) is 0 Å². The molecule has 1 aromatic heterocycles. The molecule has 1 N–H and O–H groups in total. The van der Waals surface area contributed by atoms with E-state index in [1.165, 1.54) is 19.9 Å². The van der Waals surface area contributed by atoms with Gasteiger partial charge in [-0.05, 0) is 26.3 Å². The summed E-state index contributed by atoms with van der Waals surface area (Å²) in [4.78, 5) is 24.3. The number of hydrogen-bond donors (Lipinski definition) is 1. The molecular formula is C12H14F3N3O2. The molecule has 2 rings (SSSR count). The standard InChI is InChI=1S/C12H14F3N3O2/c1-11(2)8(12(13,14)15)5-6-18(11)10(20)7-3-4-9(19)17-16-7/h3-4,8H,5-6H2,1-2H3,(H,17,19). The summed E-state index contributed by atoms with van der Waals surface area (Å²) in [6, 6.07) is 2.32. The largest absolute Gasteiger partial charge is 0.394 e. The Balaban J connectivity index is 2.28. The summed E-state index contributed by atoms with van der Waals surface area (Å²) >= 11 is 0. The number of amides is 1. The maximum atomic E-state index is 12.9. The molecule has 0 radical (unpaired) electrons. The van der Waals surface area contributed by atoms with Gasteiger partial charge >= 0.3 is 6.18 Å². The maximum Gasteiger partial charge on any atom is 0.394 e. The van der Waals surface area contributed by atoms with Gasteiger partial charge in [0.15, 0.2) is 0 Å². The van der Waals surface area contributed by atoms with E-state index in [1.54, 1.807) is 0 Å². The summed E-state index contributed by atoms with van der Waals surface area (Å²) in [6.45, 7) is 2.79. The van der Waals surface area contributed by atoms with Gasteiger partial charge in [-0.15, -0.1) is 0 Å². The number of nitrogens with one attached hydrogen (secondary N) is 1. The van der Waals surface area contributed by atoms with Crippen LogP contribution in [-0.4, -0.2) is 39.3 Å². The minimum atomic E-state index is -4.35. The summed E-state index contributed by atoms with van der Waals surface area (Å²) in [7, 11) is 0. The van der Waals surface area contributed by atoms with E-state index in [4.69, 9.17) is 0 Å². The fourth-order valence-electron chi connectivity index (χ4n) is 2.62. The molecule has 0 saturated carbocycles. The Morgan fingerprint density at radius 2 is 2.10 bits per heavy atom. The summed E-state index contributed by atoms with van der Waals surface area (Å²) in [5.41, 5.74) is -1.89. The van der Waals surface area contributed by atoms with Gasteiger partial charge in [-0.2, -0.15) is 18.3 Å². The van der Waals surface area contributed by atoms with Gasteiger partial charge in [0, 0.05) is 18.2 Å². The molecule has 8 heteroatoms. The van der Waals surface area contributed by atoms with Crippen LogP contribution in [0.5, 0.6) is 0 Å². The Bertz CT molecular complexity index is 560. The number of aromatic nitrogens is 2. The maximum absolute atomic E-state index is 12.9. The highest BCUT2D eigenvalue weighted by atomic mass is 19.4. The van der Waals surface area contributed by atoms with Gasteiger partial charge in [-0.3, -0.25) is 9.59 Å². The van der Waals surface area contributed by atoms with Crippen LogP contribution < -0.4 is 5.56 Å². The van der Waals surface area contributed by atoms with Crippen LogP contribution in [0.4, 0.5) is 13.2 Å². The van der Waals surface area contributed by atoms with Gasteiger partial charge < -0.3 is 4.90 Å². The van der Waals surface area contributed by atoms with Crippen LogP contribution in [0.3, 0.4) is 0 Å². The highest BCUT2D eigenvalue weighted by Crippen LogP contribution is 2.44. The molecule has 1 saturated heterocycles. The van der Waals surface area contributed by atoms with Crippen LogP contribution in [-0.2, 0) is 0 Å². The van der Waals surface area contributed by atoms with E-state index in [-0.39, 0.29) is 18.7 Å². The monoisotopic (exact) mass is 289 g/mol. The van der Waals surface area contributed by atoms with Crippen LogP contribution in [0, 0.1) is 5.92 Å². The molecule has 1 aliphatic heterocycles. The van der Waals surface area contributed by atoms with Crippen LogP contribution >= 0.6 is 0 Å². The molecule has 1 aliphatic rings. The Hall–Kier alpha value is -1.86. The average molecular weight is 289 g/mol. The lowest BCUT2D eigenvalue weighted by molar-refractivity contribution is -0.189. The number of carbonyl (C=O) groups is 1. The molecule has 0 bridgehead atoms. The Morgan fingerprint density at radius 3 is 2.55 bits per heavy atom. The van der Waals surface area contributed by atoms with Crippen molar-refractivity contribution in [1.82, 2.24) is 15.1 Å². The number of H-pyrrole nitrogens is 1. The smallest absolute Gasteiger partial charge is 0.331 e. The fourth-order valence-corrected chi connectivity index (χ4v) is 2.62. The van der Waals surface area contributed by atoms with Crippen molar-refractivity contribution in [3.8, 4) is 0 Å². The number of nitrogens with zero attached hydrogens (tertiary/aromatic N) is 2. The summed E-state index contributed by atoms with van der Waals surface area (Å²) in [5.74, 6) is -2.18. The molecule has 0 spiro atoms. The van der Waals surface area contributed by atoms with E-state index in [9.17, 15) is 22.8 Å². The molecule has 0 aliphatic carbocycles. The molecule has 1 aromatic rings. The molecule has 5 nitrogen and oxygen atoms in total. The number of hydrogen-bond acceptors (Lipinski definition) is 3. The van der Waals surface area contributed by atoms with E-state index < -0.39 is 29.1 Å². The van der Waals surface area contributed by atoms with Crippen LogP contribution in [0.25, 0.3) is 0 Å². The molecule has 1 atom stereocenters. The first-order chi connectivity index (χ1) is 9.14. The number of aromatic amines is 1. The van der Waals surface area contributed by atoms with Gasteiger partial charge in [-0.1, -0.05) is 0 Å². The molecule has 20 heavy (non-hydrogen) atoms. The number of likely N-dealkylation sites (tertiary alicyclic amines) is 1. The van der Waals surface area contributed by atoms with Crippen molar-refractivity contribution in [3.63, 3.8) is 0 Å². The summed E-state index contributed by atoms with van der Waals surface area (Å²) < 4.78 is 38.8. The minimum absolute atomic E-state index is 0.0107. The normalized spacial score (nSPS) is 22.1. The second-order valence-corrected chi connectivity index (χ2v) is 5.30. The van der Waals surface area contributed by atoms with Crippen LogP contribution in [0.2, 0.25) is 0 Å². The molecule has 1 unspecified atom stereocenters. The Labute approximate surface area is 112 Å². The zero-order valence-electron chi connectivity index (χ0n) is 11.0. The Morgan fingerprint density at radius 1 is 1.45 bits per heavy atom. The lowest BCUT2D eigenvalue weighted by Crippen LogP contribution is -2.50. The second-order valence-electron chi connectivity index (χ2n) is 5.30. The third kappa shape index (κ3) is 2.41. The predicted octanol–water partition coefficient (Wildman–Crippen LogP) is 1.57. The Kier molecular flexibility index (Phi) is 3.35. The fraction of sp³-hybridized carbons (Fsp3) is 0.583. The molecule has 2 heterocycles. The molecule has 110 valence electrons. The first-order valence-electron chi connectivity index (χ1n) is 6.08. The average Bonchev–Trinajstić information content (AvgIpc) is 2.64. The van der Waals surface area contributed by atoms with E-state index in [2.05, 4.69) is 10.2 Å². The van der Waals surface area contributed by atoms with Gasteiger partial charge in [0.2, 0.25) is 0 Å². The first kappa shape index (κ1) is 14.5. The van der Waals surface area contributed by atoms with Crippen molar-refractivity contribution in [3.05, 3.63) is 28.2 Å². The third-order valence-electron chi connectivity index (χ3n) is 3.73. The summed E-state index contributed by atoms with van der Waals surface area (Å²) in [6.07, 6.45) is -4.48. The van der Waals surface area contributed by atoms with Crippen molar-refractivity contribution < 1.29 is 18.0 Å².